The third-order valence-corrected chi connectivity index (χ3v) is 5.58. The highest BCUT2D eigenvalue weighted by atomic mass is 32.1. The molecule has 30 heavy (non-hydrogen) atoms. The molecule has 2 amide bonds. The summed E-state index contributed by atoms with van der Waals surface area (Å²) in [7, 11) is 0. The Labute approximate surface area is 181 Å². The maximum Gasteiger partial charge on any atom is 0.270 e. The fraction of sp³-hybridized carbons (Fsp3) is 0.261. The number of aryl methyl sites for hydroxylation is 2. The minimum Gasteiger partial charge on any atom is -0.378 e. The van der Waals surface area contributed by atoms with E-state index in [1.165, 1.54) is 4.90 Å². The van der Waals surface area contributed by atoms with Gasteiger partial charge in [-0.05, 0) is 73.1 Å². The average Bonchev–Trinajstić information content (AvgIpc) is 2.72. The Morgan fingerprint density at radius 2 is 1.80 bits per heavy atom. The van der Waals surface area contributed by atoms with E-state index in [0.29, 0.717) is 18.9 Å². The lowest BCUT2D eigenvalue weighted by molar-refractivity contribution is -0.122. The van der Waals surface area contributed by atoms with E-state index >= 15 is 0 Å². The smallest absolute Gasteiger partial charge is 0.270 e. The van der Waals surface area contributed by atoms with Crippen LogP contribution in [0, 0.1) is 13.8 Å². The zero-order valence-electron chi connectivity index (χ0n) is 17.0. The first-order valence-electron chi connectivity index (χ1n) is 9.85. The van der Waals surface area contributed by atoms with Crippen LogP contribution in [0.3, 0.4) is 0 Å². The van der Waals surface area contributed by atoms with E-state index in [1.54, 1.807) is 12.1 Å². The Morgan fingerprint density at radius 1 is 1.03 bits per heavy atom. The third kappa shape index (κ3) is 3.99. The van der Waals surface area contributed by atoms with Gasteiger partial charge in [-0.25, -0.2) is 0 Å². The number of carbonyl (C=O) groups excluding carboxylic acids is 2. The van der Waals surface area contributed by atoms with Gasteiger partial charge in [0.15, 0.2) is 5.11 Å². The van der Waals surface area contributed by atoms with Crippen molar-refractivity contribution >= 4 is 46.6 Å². The van der Waals surface area contributed by atoms with Crippen LogP contribution in [-0.2, 0) is 14.3 Å². The maximum absolute atomic E-state index is 13.2. The molecule has 0 aromatic heterocycles. The van der Waals surface area contributed by atoms with Crippen LogP contribution in [-0.4, -0.2) is 43.2 Å². The van der Waals surface area contributed by atoms with Crippen molar-refractivity contribution in [3.63, 3.8) is 0 Å². The Bertz CT molecular complexity index is 1060. The van der Waals surface area contributed by atoms with Crippen LogP contribution in [0.15, 0.2) is 48.0 Å². The van der Waals surface area contributed by atoms with Crippen molar-refractivity contribution in [3.8, 4) is 0 Å². The van der Waals surface area contributed by atoms with E-state index in [0.717, 1.165) is 35.5 Å². The third-order valence-electron chi connectivity index (χ3n) is 5.29. The van der Waals surface area contributed by atoms with Crippen molar-refractivity contribution in [1.82, 2.24) is 5.32 Å². The second-order valence-corrected chi connectivity index (χ2v) is 7.82. The Balaban J connectivity index is 1.65. The summed E-state index contributed by atoms with van der Waals surface area (Å²) < 4.78 is 5.41. The number of hydrogen-bond donors (Lipinski definition) is 1. The molecular formula is C23H23N3O3S. The molecule has 2 aromatic carbocycles. The van der Waals surface area contributed by atoms with E-state index < -0.39 is 11.8 Å². The number of morpholine rings is 1. The molecule has 2 aliphatic heterocycles. The highest BCUT2D eigenvalue weighted by molar-refractivity contribution is 7.80. The second kappa shape index (κ2) is 8.38. The first-order chi connectivity index (χ1) is 14.4. The molecule has 0 bridgehead atoms. The fourth-order valence-electron chi connectivity index (χ4n) is 3.65. The quantitative estimate of drug-likeness (QED) is 0.469. The molecule has 2 aliphatic rings. The minimum absolute atomic E-state index is 0.0623. The molecule has 2 fully saturated rings. The van der Waals surface area contributed by atoms with Gasteiger partial charge in [0, 0.05) is 18.8 Å². The molecule has 0 unspecified atom stereocenters. The Kier molecular flexibility index (Phi) is 5.65. The maximum atomic E-state index is 13.2. The van der Waals surface area contributed by atoms with Crippen molar-refractivity contribution < 1.29 is 14.3 Å². The van der Waals surface area contributed by atoms with Gasteiger partial charge in [-0.3, -0.25) is 19.8 Å². The number of anilines is 2. The minimum atomic E-state index is -0.481. The lowest BCUT2D eigenvalue weighted by Gasteiger charge is -2.30. The fourth-order valence-corrected chi connectivity index (χ4v) is 3.94. The molecule has 6 nitrogen and oxygen atoms in total. The van der Waals surface area contributed by atoms with Crippen LogP contribution in [0.4, 0.5) is 11.4 Å². The zero-order valence-corrected chi connectivity index (χ0v) is 17.8. The standard InChI is InChI=1S/C23H23N3O3S/c1-15-4-3-5-19(12-15)26-22(28)20(21(27)24-23(26)30)14-17-6-7-18(13-16(17)2)25-8-10-29-11-9-25/h3-7,12-14H,8-11H2,1-2H3,(H,24,27,30)/b20-14+. The van der Waals surface area contributed by atoms with E-state index in [9.17, 15) is 9.59 Å². The van der Waals surface area contributed by atoms with Gasteiger partial charge in [0.1, 0.15) is 5.57 Å². The highest BCUT2D eigenvalue weighted by Gasteiger charge is 2.34. The van der Waals surface area contributed by atoms with Crippen molar-refractivity contribution in [2.45, 2.75) is 13.8 Å². The van der Waals surface area contributed by atoms with E-state index in [-0.39, 0.29) is 10.7 Å². The molecule has 7 heteroatoms. The SMILES string of the molecule is Cc1cccc(N2C(=O)/C(=C/c3ccc(N4CCOCC4)cc3C)C(=O)NC2=S)c1. The Hall–Kier alpha value is -3.03. The number of carbonyl (C=O) groups is 2. The number of benzene rings is 2. The molecule has 0 aliphatic carbocycles. The van der Waals surface area contributed by atoms with Crippen LogP contribution in [0.5, 0.6) is 0 Å². The Morgan fingerprint density at radius 3 is 2.50 bits per heavy atom. The molecule has 154 valence electrons. The zero-order chi connectivity index (χ0) is 21.3. The highest BCUT2D eigenvalue weighted by Crippen LogP contribution is 2.25. The lowest BCUT2D eigenvalue weighted by Crippen LogP contribution is -2.54. The number of ether oxygens (including phenoxy) is 1. The summed E-state index contributed by atoms with van der Waals surface area (Å²) in [5.41, 5.74) is 4.62. The number of nitrogens with zero attached hydrogens (tertiary/aromatic N) is 2. The largest absolute Gasteiger partial charge is 0.378 e. The average molecular weight is 422 g/mol. The predicted octanol–water partition coefficient (Wildman–Crippen LogP) is 2.97. The van der Waals surface area contributed by atoms with E-state index in [4.69, 9.17) is 17.0 Å². The van der Waals surface area contributed by atoms with Gasteiger partial charge in [0.25, 0.3) is 11.8 Å². The van der Waals surface area contributed by atoms with Gasteiger partial charge >= 0.3 is 0 Å². The first kappa shape index (κ1) is 20.3. The molecule has 0 saturated carbocycles. The van der Waals surface area contributed by atoms with Crippen LogP contribution in [0.1, 0.15) is 16.7 Å². The lowest BCUT2D eigenvalue weighted by atomic mass is 10.0. The van der Waals surface area contributed by atoms with E-state index in [2.05, 4.69) is 16.3 Å². The van der Waals surface area contributed by atoms with Gasteiger partial charge < -0.3 is 9.64 Å². The molecule has 0 atom stereocenters. The first-order valence-corrected chi connectivity index (χ1v) is 10.3. The topological polar surface area (TPSA) is 61.9 Å². The predicted molar refractivity (Wildman–Crippen MR) is 122 cm³/mol. The van der Waals surface area contributed by atoms with Crippen molar-refractivity contribution in [2.75, 3.05) is 36.1 Å². The number of nitrogens with one attached hydrogen (secondary N) is 1. The molecule has 0 radical (unpaired) electrons. The van der Waals surface area contributed by atoms with Gasteiger partial charge in [-0.1, -0.05) is 18.2 Å². The van der Waals surface area contributed by atoms with Gasteiger partial charge in [-0.15, -0.1) is 0 Å². The molecular weight excluding hydrogens is 398 g/mol. The molecule has 4 rings (SSSR count). The van der Waals surface area contributed by atoms with Gasteiger partial charge in [-0.2, -0.15) is 0 Å². The van der Waals surface area contributed by atoms with Crippen LogP contribution in [0.25, 0.3) is 6.08 Å². The number of hydrogen-bond acceptors (Lipinski definition) is 5. The number of thiocarbonyl (C=S) groups is 1. The van der Waals surface area contributed by atoms with E-state index in [1.807, 2.05) is 44.2 Å². The number of rotatable bonds is 3. The van der Waals surface area contributed by atoms with Crippen LogP contribution >= 0.6 is 12.2 Å². The summed E-state index contributed by atoms with van der Waals surface area (Å²) in [6.45, 7) is 7.05. The number of amides is 2. The van der Waals surface area contributed by atoms with Crippen molar-refractivity contribution in [2.24, 2.45) is 0 Å². The molecule has 1 N–H and O–H groups in total. The molecule has 2 aromatic rings. The van der Waals surface area contributed by atoms with Gasteiger partial charge in [0.05, 0.1) is 18.9 Å². The second-order valence-electron chi connectivity index (χ2n) is 7.44. The van der Waals surface area contributed by atoms with Crippen LogP contribution < -0.4 is 15.1 Å². The molecule has 2 heterocycles. The van der Waals surface area contributed by atoms with Gasteiger partial charge in [0.2, 0.25) is 0 Å². The van der Waals surface area contributed by atoms with Crippen molar-refractivity contribution in [3.05, 3.63) is 64.7 Å². The summed E-state index contributed by atoms with van der Waals surface area (Å²) in [5.74, 6) is -0.906. The summed E-state index contributed by atoms with van der Waals surface area (Å²) in [4.78, 5) is 29.4. The monoisotopic (exact) mass is 421 g/mol. The summed E-state index contributed by atoms with van der Waals surface area (Å²) in [6, 6.07) is 13.5. The molecule has 2 saturated heterocycles. The summed E-state index contributed by atoms with van der Waals surface area (Å²) >= 11 is 5.27. The van der Waals surface area contributed by atoms with Crippen molar-refractivity contribution in [1.29, 1.82) is 0 Å². The summed E-state index contributed by atoms with van der Waals surface area (Å²) in [5, 5.41) is 2.73. The summed E-state index contributed by atoms with van der Waals surface area (Å²) in [6.07, 6.45) is 1.64. The molecule has 0 spiro atoms. The van der Waals surface area contributed by atoms with Crippen LogP contribution in [0.2, 0.25) is 0 Å². The normalized spacial score (nSPS) is 18.7.